The molecule has 0 aromatic heterocycles. The van der Waals surface area contributed by atoms with Crippen molar-refractivity contribution in [2.45, 2.75) is 148 Å². The van der Waals surface area contributed by atoms with E-state index in [9.17, 15) is 47.9 Å². The first kappa shape index (κ1) is 64.8. The molecular formula is C62H80N4O17. The number of anilines is 1. The predicted molar refractivity (Wildman–Crippen MR) is 303 cm³/mol. The van der Waals surface area contributed by atoms with Gasteiger partial charge in [-0.25, -0.2) is 4.79 Å². The first-order valence-corrected chi connectivity index (χ1v) is 28.7. The molecule has 3 aliphatic heterocycles. The van der Waals surface area contributed by atoms with Crippen LogP contribution in [0, 0.1) is 5.41 Å². The Bertz CT molecular complexity index is 2830. The zero-order valence-electron chi connectivity index (χ0n) is 48.7. The van der Waals surface area contributed by atoms with Gasteiger partial charge in [-0.1, -0.05) is 45.0 Å². The first-order chi connectivity index (χ1) is 39.8. The van der Waals surface area contributed by atoms with E-state index in [0.717, 1.165) is 10.5 Å². The maximum absolute atomic E-state index is 14.1. The van der Waals surface area contributed by atoms with E-state index in [1.54, 1.807) is 58.4 Å². The average Bonchev–Trinajstić information content (AvgIpc) is 2.00. The number of unbranched alkanes of at least 4 members (excludes halogenated alkanes) is 2. The summed E-state index contributed by atoms with van der Waals surface area (Å²) in [4.78, 5) is 133. The van der Waals surface area contributed by atoms with E-state index < -0.39 is 64.4 Å². The lowest BCUT2D eigenvalue weighted by Gasteiger charge is -2.38. The minimum atomic E-state index is -1.54. The van der Waals surface area contributed by atoms with E-state index >= 15 is 0 Å². The number of rotatable bonds is 35. The van der Waals surface area contributed by atoms with Crippen LogP contribution >= 0.6 is 0 Å². The molecule has 6 rings (SSSR count). The van der Waals surface area contributed by atoms with Crippen molar-refractivity contribution in [3.63, 3.8) is 0 Å². The number of fused-ring (bicyclic) bond motifs is 1. The molecule has 2 fully saturated rings. The molecule has 0 aliphatic carbocycles. The summed E-state index contributed by atoms with van der Waals surface area (Å²) < 4.78 is 39.7. The highest BCUT2D eigenvalue weighted by atomic mass is 16.6. The number of hydrogen-bond donors (Lipinski definition) is 2. The molecule has 3 atom stereocenters. The fourth-order valence-corrected chi connectivity index (χ4v) is 9.92. The number of methoxy groups -OCH3 is 2. The van der Waals surface area contributed by atoms with Crippen LogP contribution in [0.5, 0.6) is 17.2 Å². The van der Waals surface area contributed by atoms with Crippen LogP contribution in [0.1, 0.15) is 162 Å². The van der Waals surface area contributed by atoms with Gasteiger partial charge < -0.3 is 43.4 Å². The van der Waals surface area contributed by atoms with E-state index in [1.807, 2.05) is 19.1 Å². The Hall–Kier alpha value is -7.36. The van der Waals surface area contributed by atoms with Gasteiger partial charge in [0, 0.05) is 63.0 Å². The number of nitrogens with zero attached hydrogens (tertiary/aromatic N) is 2. The van der Waals surface area contributed by atoms with Gasteiger partial charge >= 0.3 is 5.97 Å². The van der Waals surface area contributed by atoms with Gasteiger partial charge in [0.2, 0.25) is 17.6 Å². The van der Waals surface area contributed by atoms with E-state index in [-0.39, 0.29) is 79.6 Å². The molecule has 83 heavy (non-hydrogen) atoms. The number of amides is 6. The molecule has 0 bridgehead atoms. The normalized spacial score (nSPS) is 17.3. The van der Waals surface area contributed by atoms with Crippen molar-refractivity contribution in [1.82, 2.24) is 15.1 Å². The lowest BCUT2D eigenvalue weighted by atomic mass is 9.84. The first-order valence-electron chi connectivity index (χ1n) is 28.7. The SMILES string of the molecule is CCC(C)(C)C(=O)C(=O)N1CCCC[C@H]1C(=O)O[C@H](CCc1ccc(OC)c(OC)c1)c1cccc(NC(=O)CCC(=O)CCCCOCCOCCOCCCCC(=O)COc2cccc3c2C(=O)N([C@]2(C)CCC(=O)NC2=O)C3=O)c1. The number of aryl methyl sites for hydroxylation is 1. The molecule has 21 heteroatoms. The minimum absolute atomic E-state index is 0.00622. The van der Waals surface area contributed by atoms with Crippen LogP contribution in [0.15, 0.2) is 60.7 Å². The molecular weight excluding hydrogens is 1070 g/mol. The molecule has 450 valence electrons. The van der Waals surface area contributed by atoms with E-state index in [4.69, 9.17) is 33.2 Å². The Balaban J connectivity index is 0.826. The van der Waals surface area contributed by atoms with Crippen molar-refractivity contribution in [2.24, 2.45) is 5.41 Å². The second kappa shape index (κ2) is 31.3. The van der Waals surface area contributed by atoms with E-state index in [0.29, 0.717) is 133 Å². The molecule has 2 saturated heterocycles. The van der Waals surface area contributed by atoms with Crippen LogP contribution in [0.3, 0.4) is 0 Å². The number of ketones is 3. The van der Waals surface area contributed by atoms with Crippen molar-refractivity contribution in [2.75, 3.05) is 72.3 Å². The number of likely N-dealkylation sites (tertiary alicyclic amines) is 1. The van der Waals surface area contributed by atoms with Gasteiger partial charge in [0.15, 0.2) is 17.3 Å². The molecule has 0 unspecified atom stereocenters. The number of carbonyl (C=O) groups is 10. The largest absolute Gasteiger partial charge is 0.493 e. The van der Waals surface area contributed by atoms with Crippen LogP contribution in [-0.4, -0.2) is 147 Å². The summed E-state index contributed by atoms with van der Waals surface area (Å²) in [5, 5.41) is 5.08. The van der Waals surface area contributed by atoms with Gasteiger partial charge in [-0.2, -0.15) is 0 Å². The number of Topliss-reactive ketones (excluding diaryl/α,β-unsaturated/α-hetero) is 3. The number of hydrogen-bond acceptors (Lipinski definition) is 17. The van der Waals surface area contributed by atoms with Crippen molar-refractivity contribution < 1.29 is 81.1 Å². The molecule has 3 aromatic carbocycles. The molecule has 0 spiro atoms. The van der Waals surface area contributed by atoms with Crippen LogP contribution in [0.25, 0.3) is 0 Å². The molecule has 3 heterocycles. The Kier molecular flexibility index (Phi) is 24.5. The molecule has 3 aromatic rings. The zero-order chi connectivity index (χ0) is 60.1. The van der Waals surface area contributed by atoms with Crippen LogP contribution in [-0.2, 0) is 63.7 Å². The fraction of sp³-hybridized carbons (Fsp3) is 0.548. The monoisotopic (exact) mass is 1150 g/mol. The third-order valence-corrected chi connectivity index (χ3v) is 15.4. The minimum Gasteiger partial charge on any atom is -0.493 e. The summed E-state index contributed by atoms with van der Waals surface area (Å²) in [6, 6.07) is 16.1. The van der Waals surface area contributed by atoms with Crippen molar-refractivity contribution >= 4 is 64.4 Å². The lowest BCUT2D eigenvalue weighted by molar-refractivity contribution is -0.164. The number of piperidine rings is 2. The molecule has 6 amide bonds. The quantitative estimate of drug-likeness (QED) is 0.0251. The second-order valence-corrected chi connectivity index (χ2v) is 21.8. The zero-order valence-corrected chi connectivity index (χ0v) is 48.7. The third-order valence-electron chi connectivity index (χ3n) is 15.4. The van der Waals surface area contributed by atoms with Crippen LogP contribution in [0.4, 0.5) is 5.69 Å². The molecule has 2 N–H and O–H groups in total. The van der Waals surface area contributed by atoms with E-state index in [2.05, 4.69) is 10.6 Å². The summed E-state index contributed by atoms with van der Waals surface area (Å²) in [6.07, 6.45) is 5.18. The van der Waals surface area contributed by atoms with Gasteiger partial charge in [0.1, 0.15) is 35.8 Å². The summed E-state index contributed by atoms with van der Waals surface area (Å²) >= 11 is 0. The second-order valence-electron chi connectivity index (χ2n) is 21.8. The fourth-order valence-electron chi connectivity index (χ4n) is 9.92. The summed E-state index contributed by atoms with van der Waals surface area (Å²) in [7, 11) is 3.10. The number of nitrogens with one attached hydrogen (secondary N) is 2. The van der Waals surface area contributed by atoms with Crippen LogP contribution < -0.4 is 24.8 Å². The summed E-state index contributed by atoms with van der Waals surface area (Å²) in [5.41, 5.74) is -0.402. The summed E-state index contributed by atoms with van der Waals surface area (Å²) in [6.45, 7) is 9.01. The molecule has 3 aliphatic rings. The number of carbonyl (C=O) groups excluding carboxylic acids is 10. The lowest BCUT2D eigenvalue weighted by Crippen LogP contribution is -2.62. The maximum Gasteiger partial charge on any atom is 0.329 e. The highest BCUT2D eigenvalue weighted by molar-refractivity contribution is 6.38. The Labute approximate surface area is 485 Å². The Morgan fingerprint density at radius 2 is 1.42 bits per heavy atom. The number of ether oxygens (including phenoxy) is 7. The van der Waals surface area contributed by atoms with Gasteiger partial charge in [-0.05, 0) is 125 Å². The van der Waals surface area contributed by atoms with Crippen molar-refractivity contribution in [3.8, 4) is 17.2 Å². The summed E-state index contributed by atoms with van der Waals surface area (Å²) in [5.74, 6) is -3.83. The topological polar surface area (TPSA) is 266 Å². The molecule has 21 nitrogen and oxygen atoms in total. The van der Waals surface area contributed by atoms with Gasteiger partial charge in [-0.15, -0.1) is 0 Å². The number of benzene rings is 3. The third kappa shape index (κ3) is 17.8. The Morgan fingerprint density at radius 3 is 2.10 bits per heavy atom. The molecule has 0 saturated carbocycles. The number of imide groups is 2. The predicted octanol–water partition coefficient (Wildman–Crippen LogP) is 7.42. The standard InChI is InChI=1S/C62H80N4O17/c1-7-61(2,3)55(71)58(74)65-31-11-8-21-47(65)59(75)83-48(26-23-41-24-27-49(77-5)51(38-41)78-6)42-16-14-17-43(39-42)63-52(69)28-25-44(67)18-9-12-32-79-34-36-81-37-35-80-33-13-10-19-45(68)40-82-50-22-15-20-46-54(50)57(73)66(56(46)72)62(4)30-29-53(70)64-60(62)76/h14-17,20,22,24,27,38-39,47-48H,7-13,18-19,21,23,25-26,28-37,40H2,1-6H3,(H,63,69)(H,64,70,76)/t47-,48+,62+/m0/s1. The smallest absolute Gasteiger partial charge is 0.329 e. The molecule has 0 radical (unpaired) electrons. The average molecular weight is 1150 g/mol. The maximum atomic E-state index is 14.1. The van der Waals surface area contributed by atoms with Crippen molar-refractivity contribution in [1.29, 1.82) is 0 Å². The van der Waals surface area contributed by atoms with Crippen molar-refractivity contribution in [3.05, 3.63) is 82.9 Å². The van der Waals surface area contributed by atoms with Crippen LogP contribution in [0.2, 0.25) is 0 Å². The number of esters is 1. The highest BCUT2D eigenvalue weighted by Gasteiger charge is 2.53. The van der Waals surface area contributed by atoms with Gasteiger partial charge in [-0.3, -0.25) is 53.4 Å². The van der Waals surface area contributed by atoms with E-state index in [1.165, 1.54) is 30.0 Å². The van der Waals surface area contributed by atoms with Gasteiger partial charge in [0.25, 0.3) is 23.6 Å². The Morgan fingerprint density at radius 1 is 0.747 bits per heavy atom. The van der Waals surface area contributed by atoms with Gasteiger partial charge in [0.05, 0.1) is 51.8 Å². The highest BCUT2D eigenvalue weighted by Crippen LogP contribution is 2.38.